The van der Waals surface area contributed by atoms with E-state index in [1.165, 1.54) is 6.07 Å². The number of pyridine rings is 1. The van der Waals surface area contributed by atoms with Crippen molar-refractivity contribution in [3.63, 3.8) is 0 Å². The Morgan fingerprint density at radius 2 is 2.05 bits per heavy atom. The minimum Gasteiger partial charge on any atom is -0.444 e. The number of ether oxygens (including phenoxy) is 1. The second kappa shape index (κ2) is 5.13. The molecule has 0 aromatic carbocycles. The summed E-state index contributed by atoms with van der Waals surface area (Å²) in [6.45, 7) is 6.39. The van der Waals surface area contributed by atoms with Crippen molar-refractivity contribution in [1.82, 2.24) is 9.47 Å². The third-order valence-electron chi connectivity index (χ3n) is 3.24. The first kappa shape index (κ1) is 14.9. The largest absolute Gasteiger partial charge is 0.444 e. The van der Waals surface area contributed by atoms with Crippen LogP contribution >= 0.6 is 11.6 Å². The van der Waals surface area contributed by atoms with Gasteiger partial charge >= 0.3 is 6.09 Å². The summed E-state index contributed by atoms with van der Waals surface area (Å²) in [5.41, 5.74) is 1.07. The topological polar surface area (TPSA) is 51.5 Å². The van der Waals surface area contributed by atoms with Crippen LogP contribution in [0.15, 0.2) is 10.9 Å². The maximum Gasteiger partial charge on any atom is 0.410 e. The Morgan fingerprint density at radius 3 is 2.65 bits per heavy atom. The second-order valence-corrected chi connectivity index (χ2v) is 6.37. The molecule has 0 unspecified atom stereocenters. The number of aromatic nitrogens is 1. The first-order valence-electron chi connectivity index (χ1n) is 6.54. The van der Waals surface area contributed by atoms with Crippen molar-refractivity contribution in [2.75, 3.05) is 6.54 Å². The Morgan fingerprint density at radius 1 is 1.40 bits per heavy atom. The van der Waals surface area contributed by atoms with Crippen LogP contribution in [0.3, 0.4) is 0 Å². The van der Waals surface area contributed by atoms with Gasteiger partial charge in [0, 0.05) is 37.3 Å². The number of fused-ring (bicyclic) bond motifs is 1. The fourth-order valence-corrected chi connectivity index (χ4v) is 2.51. The van der Waals surface area contributed by atoms with Gasteiger partial charge in [-0.1, -0.05) is 11.6 Å². The van der Waals surface area contributed by atoms with Crippen LogP contribution < -0.4 is 5.56 Å². The van der Waals surface area contributed by atoms with E-state index in [0.717, 1.165) is 11.3 Å². The van der Waals surface area contributed by atoms with Gasteiger partial charge in [0.1, 0.15) is 5.60 Å². The van der Waals surface area contributed by atoms with E-state index in [-0.39, 0.29) is 11.7 Å². The molecule has 0 spiro atoms. The number of halogens is 1. The molecule has 1 aromatic rings. The highest BCUT2D eigenvalue weighted by atomic mass is 35.5. The third kappa shape index (κ3) is 2.98. The number of hydrogen-bond donors (Lipinski definition) is 0. The molecule has 1 aromatic heterocycles. The van der Waals surface area contributed by atoms with Gasteiger partial charge in [0.2, 0.25) is 0 Å². The maximum atomic E-state index is 12.1. The summed E-state index contributed by atoms with van der Waals surface area (Å²) in [7, 11) is 1.72. The fourth-order valence-electron chi connectivity index (χ4n) is 2.24. The van der Waals surface area contributed by atoms with Crippen molar-refractivity contribution in [3.8, 4) is 0 Å². The van der Waals surface area contributed by atoms with E-state index in [1.807, 2.05) is 20.8 Å². The molecular formula is C14H19ClN2O3. The van der Waals surface area contributed by atoms with Crippen LogP contribution in [0.4, 0.5) is 4.79 Å². The van der Waals surface area contributed by atoms with Crippen LogP contribution in [0.25, 0.3) is 0 Å². The van der Waals surface area contributed by atoms with E-state index in [4.69, 9.17) is 16.3 Å². The molecule has 0 saturated heterocycles. The van der Waals surface area contributed by atoms with Crippen molar-refractivity contribution in [2.24, 2.45) is 7.05 Å². The SMILES string of the molecule is Cn1c2c(c(Cl)cc1=O)CN(C(=O)OC(C)(C)C)CC2. The second-order valence-electron chi connectivity index (χ2n) is 5.97. The number of amides is 1. The molecule has 6 heteroatoms. The van der Waals surface area contributed by atoms with Crippen LogP contribution in [0, 0.1) is 0 Å². The van der Waals surface area contributed by atoms with E-state index in [0.29, 0.717) is 24.5 Å². The maximum absolute atomic E-state index is 12.1. The summed E-state index contributed by atoms with van der Waals surface area (Å²) in [5.74, 6) is 0. The molecule has 5 nitrogen and oxygen atoms in total. The van der Waals surface area contributed by atoms with Gasteiger partial charge in [0.25, 0.3) is 5.56 Å². The van der Waals surface area contributed by atoms with E-state index in [9.17, 15) is 9.59 Å². The lowest BCUT2D eigenvalue weighted by Gasteiger charge is -2.32. The zero-order valence-corrected chi connectivity index (χ0v) is 13.0. The molecule has 0 radical (unpaired) electrons. The lowest BCUT2D eigenvalue weighted by molar-refractivity contribution is 0.0221. The van der Waals surface area contributed by atoms with Gasteiger partial charge in [-0.2, -0.15) is 0 Å². The smallest absolute Gasteiger partial charge is 0.410 e. The van der Waals surface area contributed by atoms with Crippen molar-refractivity contribution in [3.05, 3.63) is 32.7 Å². The lowest BCUT2D eigenvalue weighted by Crippen LogP contribution is -2.41. The van der Waals surface area contributed by atoms with Crippen molar-refractivity contribution in [2.45, 2.75) is 39.3 Å². The van der Waals surface area contributed by atoms with Gasteiger partial charge in [0.05, 0.1) is 11.6 Å². The third-order valence-corrected chi connectivity index (χ3v) is 3.58. The summed E-state index contributed by atoms with van der Waals surface area (Å²) in [5, 5.41) is 0.413. The Balaban J connectivity index is 2.26. The molecule has 1 aliphatic rings. The van der Waals surface area contributed by atoms with Crippen LogP contribution in [-0.2, 0) is 24.8 Å². The minimum atomic E-state index is -0.523. The molecule has 0 bridgehead atoms. The molecule has 0 fully saturated rings. The van der Waals surface area contributed by atoms with E-state index < -0.39 is 5.60 Å². The van der Waals surface area contributed by atoms with E-state index in [2.05, 4.69) is 0 Å². The Labute approximate surface area is 123 Å². The first-order chi connectivity index (χ1) is 9.19. The molecule has 0 aliphatic carbocycles. The highest BCUT2D eigenvalue weighted by Crippen LogP contribution is 2.25. The predicted octanol–water partition coefficient (Wildman–Crippen LogP) is 2.33. The Kier molecular flexibility index (Phi) is 3.82. The number of rotatable bonds is 0. The van der Waals surface area contributed by atoms with Crippen LogP contribution in [0.5, 0.6) is 0 Å². The van der Waals surface area contributed by atoms with Gasteiger partial charge in [0.15, 0.2) is 0 Å². The van der Waals surface area contributed by atoms with Gasteiger partial charge < -0.3 is 14.2 Å². The Bertz CT molecular complexity index is 602. The highest BCUT2D eigenvalue weighted by molar-refractivity contribution is 6.31. The highest BCUT2D eigenvalue weighted by Gasteiger charge is 2.28. The normalized spacial score (nSPS) is 14.9. The Hall–Kier alpha value is -1.49. The van der Waals surface area contributed by atoms with Crippen molar-refractivity contribution in [1.29, 1.82) is 0 Å². The quantitative estimate of drug-likeness (QED) is 0.738. The summed E-state index contributed by atoms with van der Waals surface area (Å²) in [4.78, 5) is 25.4. The average Bonchev–Trinajstić information content (AvgIpc) is 2.33. The molecule has 0 atom stereocenters. The van der Waals surface area contributed by atoms with Crippen LogP contribution in [-0.4, -0.2) is 27.7 Å². The van der Waals surface area contributed by atoms with Gasteiger partial charge in [-0.05, 0) is 20.8 Å². The summed E-state index contributed by atoms with van der Waals surface area (Å²) in [6, 6.07) is 1.39. The van der Waals surface area contributed by atoms with Gasteiger partial charge in [-0.25, -0.2) is 4.79 Å². The monoisotopic (exact) mass is 298 g/mol. The summed E-state index contributed by atoms with van der Waals surface area (Å²) >= 11 is 6.13. The number of nitrogens with zero attached hydrogens (tertiary/aromatic N) is 2. The zero-order chi connectivity index (χ0) is 15.1. The molecule has 0 saturated carbocycles. The summed E-state index contributed by atoms with van der Waals surface area (Å²) in [6.07, 6.45) is 0.244. The van der Waals surface area contributed by atoms with E-state index in [1.54, 1.807) is 16.5 Å². The van der Waals surface area contributed by atoms with Crippen LogP contribution in [0.2, 0.25) is 5.02 Å². The molecule has 1 aliphatic heterocycles. The van der Waals surface area contributed by atoms with E-state index >= 15 is 0 Å². The standard InChI is InChI=1S/C14H19ClN2O3/c1-14(2,3)20-13(19)17-6-5-11-9(8-17)10(15)7-12(18)16(11)4/h7H,5-6,8H2,1-4H3. The number of carbonyl (C=O) groups is 1. The zero-order valence-electron chi connectivity index (χ0n) is 12.2. The first-order valence-corrected chi connectivity index (χ1v) is 6.92. The fraction of sp³-hybridized carbons (Fsp3) is 0.571. The van der Waals surface area contributed by atoms with Crippen molar-refractivity contribution >= 4 is 17.7 Å². The molecule has 20 heavy (non-hydrogen) atoms. The van der Waals surface area contributed by atoms with Crippen LogP contribution in [0.1, 0.15) is 32.0 Å². The minimum absolute atomic E-state index is 0.125. The van der Waals surface area contributed by atoms with Gasteiger partial charge in [-0.3, -0.25) is 4.79 Å². The average molecular weight is 299 g/mol. The molecule has 110 valence electrons. The molecule has 2 heterocycles. The number of hydrogen-bond acceptors (Lipinski definition) is 3. The summed E-state index contributed by atoms with van der Waals surface area (Å²) < 4.78 is 6.95. The lowest BCUT2D eigenvalue weighted by atomic mass is 10.1. The molecular weight excluding hydrogens is 280 g/mol. The molecule has 0 N–H and O–H groups in total. The number of carbonyl (C=O) groups excluding carboxylic acids is 1. The molecule has 1 amide bonds. The molecule has 2 rings (SSSR count). The van der Waals surface area contributed by atoms with Gasteiger partial charge in [-0.15, -0.1) is 0 Å². The predicted molar refractivity (Wildman–Crippen MR) is 77.0 cm³/mol. The van der Waals surface area contributed by atoms with Crippen molar-refractivity contribution < 1.29 is 9.53 Å².